The molecule has 0 radical (unpaired) electrons. The highest BCUT2D eigenvalue weighted by atomic mass is 16.5. The van der Waals surface area contributed by atoms with Crippen LogP contribution in [-0.2, 0) is 5.41 Å². The summed E-state index contributed by atoms with van der Waals surface area (Å²) in [5, 5.41) is 22.7. The second-order valence-electron chi connectivity index (χ2n) is 7.19. The van der Waals surface area contributed by atoms with Gasteiger partial charge in [0.1, 0.15) is 11.4 Å². The number of aromatic amines is 1. The first-order valence-corrected chi connectivity index (χ1v) is 9.74. The maximum absolute atomic E-state index is 12.8. The summed E-state index contributed by atoms with van der Waals surface area (Å²) >= 11 is 0. The number of aromatic nitrogens is 3. The molecule has 3 N–H and O–H groups in total. The first kappa shape index (κ1) is 19.6. The molecule has 8 heteroatoms. The minimum absolute atomic E-state index is 0.278. The largest absolute Gasteiger partial charge is 0.495 e. The summed E-state index contributed by atoms with van der Waals surface area (Å²) < 4.78 is 5.51. The number of rotatable bonds is 5. The summed E-state index contributed by atoms with van der Waals surface area (Å²) in [6.07, 6.45) is 3.11. The summed E-state index contributed by atoms with van der Waals surface area (Å²) in [5.74, 6) is 0.165. The monoisotopic (exact) mass is 402 g/mol. The van der Waals surface area contributed by atoms with Gasteiger partial charge in [0.15, 0.2) is 0 Å². The summed E-state index contributed by atoms with van der Waals surface area (Å²) in [6, 6.07) is 15.0. The molecule has 0 spiro atoms. The fourth-order valence-electron chi connectivity index (χ4n) is 3.71. The van der Waals surface area contributed by atoms with Gasteiger partial charge in [-0.2, -0.15) is 10.4 Å². The van der Waals surface area contributed by atoms with E-state index < -0.39 is 5.41 Å². The van der Waals surface area contributed by atoms with E-state index in [0.717, 1.165) is 37.2 Å². The summed E-state index contributed by atoms with van der Waals surface area (Å²) in [6.45, 7) is 1.60. The van der Waals surface area contributed by atoms with Crippen LogP contribution in [0.25, 0.3) is 11.4 Å². The molecule has 1 saturated heterocycles. The number of methoxy groups -OCH3 is 1. The number of ether oxygens (including phenoxy) is 1. The van der Waals surface area contributed by atoms with E-state index in [-0.39, 0.29) is 11.6 Å². The number of carbonyl (C=O) groups excluding carboxylic acids is 1. The molecule has 1 amide bonds. The quantitative estimate of drug-likeness (QED) is 0.604. The standard InChI is InChI=1S/C22H22N6O2/c1-30-20-13-15(22(14-23)8-11-24-12-9-22)5-6-18(20)27-21(29)19-4-2-3-16(26-19)17-7-10-25-28-17/h2-7,10,13,24H,8-9,11-12H2,1H3,(H,25,28)(H,27,29). The zero-order chi connectivity index (χ0) is 21.0. The van der Waals surface area contributed by atoms with Crippen molar-refractivity contribution in [3.63, 3.8) is 0 Å². The molecule has 8 nitrogen and oxygen atoms in total. The molecule has 3 aromatic rings. The van der Waals surface area contributed by atoms with Gasteiger partial charge in [-0.3, -0.25) is 9.89 Å². The highest BCUT2D eigenvalue weighted by Gasteiger charge is 2.34. The number of benzene rings is 1. The van der Waals surface area contributed by atoms with E-state index in [4.69, 9.17) is 4.74 Å². The molecule has 1 fully saturated rings. The van der Waals surface area contributed by atoms with Crippen LogP contribution in [0.3, 0.4) is 0 Å². The number of nitriles is 1. The predicted molar refractivity (Wildman–Crippen MR) is 112 cm³/mol. The number of anilines is 1. The van der Waals surface area contributed by atoms with Crippen molar-refractivity contribution in [2.45, 2.75) is 18.3 Å². The zero-order valence-electron chi connectivity index (χ0n) is 16.6. The Balaban J connectivity index is 1.58. The molecule has 30 heavy (non-hydrogen) atoms. The average molecular weight is 402 g/mol. The Kier molecular flexibility index (Phi) is 5.46. The lowest BCUT2D eigenvalue weighted by molar-refractivity contribution is 0.102. The summed E-state index contributed by atoms with van der Waals surface area (Å²) in [4.78, 5) is 17.2. The van der Waals surface area contributed by atoms with Crippen LogP contribution < -0.4 is 15.4 Å². The Morgan fingerprint density at radius 1 is 1.23 bits per heavy atom. The normalized spacial score (nSPS) is 15.2. The lowest BCUT2D eigenvalue weighted by Gasteiger charge is -2.32. The van der Waals surface area contributed by atoms with Crippen LogP contribution in [0.2, 0.25) is 0 Å². The number of nitrogens with one attached hydrogen (secondary N) is 3. The minimum atomic E-state index is -0.541. The highest BCUT2D eigenvalue weighted by molar-refractivity contribution is 6.04. The van der Waals surface area contributed by atoms with Crippen molar-refractivity contribution in [2.75, 3.05) is 25.5 Å². The SMILES string of the molecule is COc1cc(C2(C#N)CCNCC2)ccc1NC(=O)c1cccc(-c2ccn[nH]2)n1. The van der Waals surface area contributed by atoms with E-state index in [1.165, 1.54) is 0 Å². The second-order valence-corrected chi connectivity index (χ2v) is 7.19. The van der Waals surface area contributed by atoms with Gasteiger partial charge in [0, 0.05) is 6.20 Å². The molecule has 0 saturated carbocycles. The molecular formula is C22H22N6O2. The maximum atomic E-state index is 12.8. The van der Waals surface area contributed by atoms with Crippen LogP contribution in [0, 0.1) is 11.3 Å². The molecule has 0 bridgehead atoms. The number of hydrogen-bond donors (Lipinski definition) is 3. The molecule has 1 aliphatic rings. The molecular weight excluding hydrogens is 380 g/mol. The summed E-state index contributed by atoms with van der Waals surface area (Å²) in [5.41, 5.74) is 2.53. The van der Waals surface area contributed by atoms with Crippen LogP contribution >= 0.6 is 0 Å². The van der Waals surface area contributed by atoms with Gasteiger partial charge in [0.2, 0.25) is 0 Å². The van der Waals surface area contributed by atoms with Gasteiger partial charge in [-0.05, 0) is 61.8 Å². The molecule has 152 valence electrons. The third-order valence-corrected chi connectivity index (χ3v) is 5.43. The lowest BCUT2D eigenvalue weighted by Crippen LogP contribution is -2.38. The van der Waals surface area contributed by atoms with E-state index in [1.807, 2.05) is 12.1 Å². The number of amides is 1. The number of H-pyrrole nitrogens is 1. The molecule has 0 atom stereocenters. The van der Waals surface area contributed by atoms with Crippen molar-refractivity contribution in [1.82, 2.24) is 20.5 Å². The number of carbonyl (C=O) groups is 1. The maximum Gasteiger partial charge on any atom is 0.274 e. The van der Waals surface area contributed by atoms with Crippen LogP contribution in [0.5, 0.6) is 5.75 Å². The average Bonchev–Trinajstić information content (AvgIpc) is 3.35. The van der Waals surface area contributed by atoms with Crippen LogP contribution in [0.1, 0.15) is 28.9 Å². The van der Waals surface area contributed by atoms with E-state index in [0.29, 0.717) is 17.1 Å². The zero-order valence-corrected chi connectivity index (χ0v) is 16.6. The van der Waals surface area contributed by atoms with Gasteiger partial charge < -0.3 is 15.4 Å². The van der Waals surface area contributed by atoms with Crippen LogP contribution in [0.4, 0.5) is 5.69 Å². The van der Waals surface area contributed by atoms with Crippen LogP contribution in [-0.4, -0.2) is 41.3 Å². The van der Waals surface area contributed by atoms with Gasteiger partial charge in [0.25, 0.3) is 5.91 Å². The van der Waals surface area contributed by atoms with Crippen molar-refractivity contribution in [3.8, 4) is 23.2 Å². The molecule has 2 aromatic heterocycles. The predicted octanol–water partition coefficient (Wildman–Crippen LogP) is 2.88. The van der Waals surface area contributed by atoms with Crippen LogP contribution in [0.15, 0.2) is 48.7 Å². The number of piperidine rings is 1. The number of hydrogen-bond acceptors (Lipinski definition) is 6. The van der Waals surface area contributed by atoms with Gasteiger partial charge in [0.05, 0.1) is 35.7 Å². The van der Waals surface area contributed by atoms with Gasteiger partial charge in [-0.1, -0.05) is 12.1 Å². The van der Waals surface area contributed by atoms with E-state index in [1.54, 1.807) is 43.6 Å². The van der Waals surface area contributed by atoms with E-state index in [9.17, 15) is 10.1 Å². The molecule has 0 unspecified atom stereocenters. The van der Waals surface area contributed by atoms with Gasteiger partial charge in [-0.25, -0.2) is 4.98 Å². The fourth-order valence-corrected chi connectivity index (χ4v) is 3.71. The number of nitrogens with zero attached hydrogens (tertiary/aromatic N) is 3. The molecule has 1 aromatic carbocycles. The van der Waals surface area contributed by atoms with E-state index in [2.05, 4.69) is 31.9 Å². The second kappa shape index (κ2) is 8.35. The highest BCUT2D eigenvalue weighted by Crippen LogP contribution is 2.37. The van der Waals surface area contributed by atoms with Gasteiger partial charge in [-0.15, -0.1) is 0 Å². The van der Waals surface area contributed by atoms with Crippen molar-refractivity contribution < 1.29 is 9.53 Å². The first-order valence-electron chi connectivity index (χ1n) is 9.74. The molecule has 3 heterocycles. The Morgan fingerprint density at radius 2 is 2.07 bits per heavy atom. The topological polar surface area (TPSA) is 116 Å². The molecule has 0 aliphatic carbocycles. The van der Waals surface area contributed by atoms with Crippen molar-refractivity contribution in [1.29, 1.82) is 5.26 Å². The minimum Gasteiger partial charge on any atom is -0.495 e. The first-order chi connectivity index (χ1) is 14.6. The Hall–Kier alpha value is -3.70. The van der Waals surface area contributed by atoms with Gasteiger partial charge >= 0.3 is 0 Å². The Bertz CT molecular complexity index is 1080. The molecule has 1 aliphatic heterocycles. The van der Waals surface area contributed by atoms with Crippen molar-refractivity contribution in [2.24, 2.45) is 0 Å². The molecule has 4 rings (SSSR count). The Labute approximate surface area is 174 Å². The Morgan fingerprint density at radius 3 is 2.77 bits per heavy atom. The smallest absolute Gasteiger partial charge is 0.274 e. The number of pyridine rings is 1. The lowest BCUT2D eigenvalue weighted by atomic mass is 9.74. The third kappa shape index (κ3) is 3.75. The van der Waals surface area contributed by atoms with Crippen molar-refractivity contribution >= 4 is 11.6 Å². The fraction of sp³-hybridized carbons (Fsp3) is 0.273. The van der Waals surface area contributed by atoms with Crippen molar-refractivity contribution in [3.05, 3.63) is 59.9 Å². The van der Waals surface area contributed by atoms with E-state index >= 15 is 0 Å². The third-order valence-electron chi connectivity index (χ3n) is 5.43. The summed E-state index contributed by atoms with van der Waals surface area (Å²) in [7, 11) is 1.55.